The normalized spacial score (nSPS) is 11.5. The van der Waals surface area contributed by atoms with E-state index in [1.165, 1.54) is 0 Å². The van der Waals surface area contributed by atoms with Crippen LogP contribution < -0.4 is 73.2 Å². The van der Waals surface area contributed by atoms with Crippen molar-refractivity contribution in [3.05, 3.63) is 123 Å². The van der Waals surface area contributed by atoms with E-state index in [4.69, 9.17) is 14.2 Å². The second-order valence-corrected chi connectivity index (χ2v) is 10.3. The molecular formula is C30H13BF20KO3-. The van der Waals surface area contributed by atoms with E-state index < -0.39 is 144 Å². The number of rotatable bonds is 10. The summed E-state index contributed by atoms with van der Waals surface area (Å²) in [7, 11) is 3.26. The van der Waals surface area contributed by atoms with Gasteiger partial charge in [-0.1, -0.05) is 6.61 Å². The fraction of sp³-hybridized carbons (Fsp3) is 0.167. The van der Waals surface area contributed by atoms with Gasteiger partial charge in [0.1, 0.15) is 52.7 Å². The first-order chi connectivity index (χ1) is 25.1. The molecule has 0 aliphatic heterocycles. The zero-order valence-corrected chi connectivity index (χ0v) is 30.2. The van der Waals surface area contributed by atoms with E-state index in [0.717, 1.165) is 0 Å². The average Bonchev–Trinajstić information content (AvgIpc) is 3.14. The van der Waals surface area contributed by atoms with Crippen LogP contribution in [-0.2, 0) is 14.2 Å². The Morgan fingerprint density at radius 2 is 0.527 bits per heavy atom. The Morgan fingerprint density at radius 3 is 0.709 bits per heavy atom. The van der Waals surface area contributed by atoms with Gasteiger partial charge in [0.2, 0.25) is 0 Å². The van der Waals surface area contributed by atoms with Crippen molar-refractivity contribution >= 4 is 28.0 Å². The molecule has 55 heavy (non-hydrogen) atoms. The van der Waals surface area contributed by atoms with E-state index in [-0.39, 0.29) is 51.4 Å². The molecule has 25 heteroatoms. The maximum Gasteiger partial charge on any atom is 1.00 e. The van der Waals surface area contributed by atoms with Crippen molar-refractivity contribution in [2.75, 3.05) is 34.0 Å². The molecule has 3 nitrogen and oxygen atoms in total. The summed E-state index contributed by atoms with van der Waals surface area (Å²) in [5.74, 6) is -71.4. The summed E-state index contributed by atoms with van der Waals surface area (Å²) < 4.78 is 308. The third-order valence-electron chi connectivity index (χ3n) is 7.46. The fourth-order valence-corrected chi connectivity index (χ4v) is 5.21. The van der Waals surface area contributed by atoms with Gasteiger partial charge in [-0.2, -0.15) is 6.61 Å². The third-order valence-corrected chi connectivity index (χ3v) is 7.46. The number of halogens is 20. The number of ether oxygens (including phenoxy) is 3. The summed E-state index contributed by atoms with van der Waals surface area (Å²) in [6.07, 6.45) is -7.22. The minimum atomic E-state index is -7.22. The summed E-state index contributed by atoms with van der Waals surface area (Å²) in [6.45, 7) is 3.36. The van der Waals surface area contributed by atoms with Crippen molar-refractivity contribution in [2.24, 2.45) is 0 Å². The molecule has 0 aliphatic carbocycles. The third kappa shape index (κ3) is 8.12. The van der Waals surface area contributed by atoms with Gasteiger partial charge in [0.25, 0.3) is 0 Å². The fourth-order valence-electron chi connectivity index (χ4n) is 5.21. The minimum absolute atomic E-state index is 0. The Hall–Kier alpha value is -2.94. The first-order valence-corrected chi connectivity index (χ1v) is 13.8. The van der Waals surface area contributed by atoms with Crippen molar-refractivity contribution in [3.8, 4) is 0 Å². The SMILES string of the molecule is COC[CH-]OCCOC.Fc1c(F)c(F)c([B-](c2c(F)c(F)c(F)c(F)c2F)(c2c(F)c(F)c(F)c(F)c2F)c2c(F)c(F)c(F)c(F)c2F)c(F)c1F.[K+]. The molecule has 0 spiro atoms. The average molecular weight is 851 g/mol. The second-order valence-electron chi connectivity index (χ2n) is 10.3. The van der Waals surface area contributed by atoms with Gasteiger partial charge in [0.05, 0.1) is 6.61 Å². The summed E-state index contributed by atoms with van der Waals surface area (Å²) >= 11 is 0. The predicted octanol–water partition coefficient (Wildman–Crippen LogP) is 3.31. The van der Waals surface area contributed by atoms with Gasteiger partial charge in [-0.15, -0.1) is 21.9 Å². The first-order valence-electron chi connectivity index (χ1n) is 13.8. The number of hydrogen-bond acceptors (Lipinski definition) is 3. The van der Waals surface area contributed by atoms with Crippen molar-refractivity contribution in [2.45, 2.75) is 0 Å². The monoisotopic (exact) mass is 851 g/mol. The largest absolute Gasteiger partial charge is 1.00 e. The Morgan fingerprint density at radius 1 is 0.327 bits per heavy atom. The van der Waals surface area contributed by atoms with Gasteiger partial charge >= 0.3 is 51.4 Å². The molecular weight excluding hydrogens is 838 g/mol. The van der Waals surface area contributed by atoms with E-state index in [2.05, 4.69) is 0 Å². The van der Waals surface area contributed by atoms with Crippen molar-refractivity contribution in [1.82, 2.24) is 0 Å². The van der Waals surface area contributed by atoms with E-state index in [9.17, 15) is 52.7 Å². The van der Waals surface area contributed by atoms with E-state index in [0.29, 0.717) is 19.8 Å². The van der Waals surface area contributed by atoms with Crippen LogP contribution in [0.25, 0.3) is 0 Å². The van der Waals surface area contributed by atoms with Gasteiger partial charge in [-0.3, -0.25) is 0 Å². The Kier molecular flexibility index (Phi) is 16.7. The maximum absolute atomic E-state index is 15.4. The van der Waals surface area contributed by atoms with Crippen molar-refractivity contribution in [3.63, 3.8) is 0 Å². The van der Waals surface area contributed by atoms with Gasteiger partial charge in [0.15, 0.2) is 69.8 Å². The van der Waals surface area contributed by atoms with Crippen LogP contribution in [0.4, 0.5) is 87.8 Å². The maximum atomic E-state index is 15.4. The molecule has 0 N–H and O–H groups in total. The van der Waals surface area contributed by atoms with Gasteiger partial charge < -0.3 is 14.2 Å². The summed E-state index contributed by atoms with van der Waals surface area (Å²) in [5, 5.41) is 0. The van der Waals surface area contributed by atoms with E-state index in [1.54, 1.807) is 20.8 Å². The molecule has 0 aliphatic rings. The molecule has 0 amide bonds. The Balaban J connectivity index is 0.000000928. The van der Waals surface area contributed by atoms with Crippen LogP contribution >= 0.6 is 0 Å². The van der Waals surface area contributed by atoms with Crippen LogP contribution in [0.3, 0.4) is 0 Å². The second kappa shape index (κ2) is 19.0. The molecule has 4 aromatic rings. The van der Waals surface area contributed by atoms with Crippen LogP contribution in [0.2, 0.25) is 0 Å². The van der Waals surface area contributed by atoms with E-state index >= 15 is 35.1 Å². The van der Waals surface area contributed by atoms with Crippen LogP contribution in [-0.4, -0.2) is 40.2 Å². The molecule has 0 aromatic heterocycles. The molecule has 0 saturated carbocycles. The molecule has 4 rings (SSSR count). The number of methoxy groups -OCH3 is 2. The summed E-state index contributed by atoms with van der Waals surface area (Å²) in [6, 6.07) is 0. The topological polar surface area (TPSA) is 27.7 Å². The molecule has 0 atom stereocenters. The zero-order valence-electron chi connectivity index (χ0n) is 27.1. The Bertz CT molecular complexity index is 1710. The number of hydrogen-bond donors (Lipinski definition) is 0. The van der Waals surface area contributed by atoms with Crippen LogP contribution in [0.15, 0.2) is 0 Å². The Labute approximate surface area is 336 Å². The predicted molar refractivity (Wildman–Crippen MR) is 143 cm³/mol. The van der Waals surface area contributed by atoms with Crippen LogP contribution in [0, 0.1) is 123 Å². The minimum Gasteiger partial charge on any atom is -0.548 e. The van der Waals surface area contributed by atoms with Gasteiger partial charge in [0, 0.05) is 20.8 Å². The standard InChI is InChI=1S/C24BF20.C6H13O3.K/c26-5-1(6(27)14(35)21(42)13(5)34)25(2-7(28)15(36)22(43)16(37)8(2)29,3-9(30)17(38)23(44)18(39)10(3)31)4-11(32)19(40)24(45)20(41)12(4)33;1-7-3-5-9-6-4-8-2;/h;5H,3-4,6H2,1-2H3;/q2*-1;+1. The van der Waals surface area contributed by atoms with E-state index in [1.807, 2.05) is 0 Å². The van der Waals surface area contributed by atoms with Gasteiger partial charge in [-0.25, -0.2) is 87.8 Å². The van der Waals surface area contributed by atoms with Crippen LogP contribution in [0.1, 0.15) is 0 Å². The first kappa shape index (κ1) is 48.2. The molecule has 0 fully saturated rings. The molecule has 0 heterocycles. The zero-order chi connectivity index (χ0) is 41.3. The smallest absolute Gasteiger partial charge is 0.548 e. The van der Waals surface area contributed by atoms with Crippen LogP contribution in [0.5, 0.6) is 0 Å². The molecule has 4 aromatic carbocycles. The number of benzene rings is 4. The quantitative estimate of drug-likeness (QED) is 0.0614. The molecule has 0 unspecified atom stereocenters. The van der Waals surface area contributed by atoms with Crippen molar-refractivity contribution < 1.29 is 153 Å². The van der Waals surface area contributed by atoms with Gasteiger partial charge in [-0.05, 0) is 0 Å². The molecule has 0 radical (unpaired) electrons. The van der Waals surface area contributed by atoms with Crippen molar-refractivity contribution in [1.29, 1.82) is 0 Å². The molecule has 0 bridgehead atoms. The summed E-state index contributed by atoms with van der Waals surface area (Å²) in [5.41, 5.74) is -14.3. The summed E-state index contributed by atoms with van der Waals surface area (Å²) in [4.78, 5) is 0. The molecule has 296 valence electrons. The molecule has 0 saturated heterocycles.